The van der Waals surface area contributed by atoms with Crippen LogP contribution in [0.5, 0.6) is 0 Å². The highest BCUT2D eigenvalue weighted by Gasteiger charge is 2.16. The second-order valence-corrected chi connectivity index (χ2v) is 8.07. The van der Waals surface area contributed by atoms with Crippen molar-refractivity contribution in [2.75, 3.05) is 29.1 Å². The van der Waals surface area contributed by atoms with Crippen LogP contribution in [0.25, 0.3) is 0 Å². The molecule has 2 rings (SSSR count). The minimum absolute atomic E-state index is 0.0799. The van der Waals surface area contributed by atoms with Crippen LogP contribution in [0.4, 0.5) is 26.2 Å². The summed E-state index contributed by atoms with van der Waals surface area (Å²) in [5.41, 5.74) is 8.35. The lowest BCUT2D eigenvalue weighted by Gasteiger charge is -2.18. The van der Waals surface area contributed by atoms with E-state index >= 15 is 0 Å². The summed E-state index contributed by atoms with van der Waals surface area (Å²) in [6, 6.07) is 11.4. The Labute approximate surface area is 188 Å². The van der Waals surface area contributed by atoms with Crippen molar-refractivity contribution in [2.45, 2.75) is 40.2 Å². The molecule has 0 aliphatic carbocycles. The molecule has 0 saturated heterocycles. The molecule has 2 aromatic carbocycles. The summed E-state index contributed by atoms with van der Waals surface area (Å²) >= 11 is 0. The summed E-state index contributed by atoms with van der Waals surface area (Å²) < 4.78 is 18.1. The summed E-state index contributed by atoms with van der Waals surface area (Å²) in [7, 11) is 0. The number of anilines is 3. The molecule has 0 radical (unpaired) electrons. The molecule has 0 aliphatic heterocycles. The van der Waals surface area contributed by atoms with Crippen LogP contribution in [0.2, 0.25) is 0 Å². The van der Waals surface area contributed by atoms with Gasteiger partial charge >= 0.3 is 6.09 Å². The zero-order valence-corrected chi connectivity index (χ0v) is 18.9. The van der Waals surface area contributed by atoms with Gasteiger partial charge in [-0.2, -0.15) is 0 Å². The van der Waals surface area contributed by atoms with Crippen molar-refractivity contribution in [3.8, 4) is 0 Å². The topological polar surface area (TPSA) is 105 Å². The third-order valence-electron chi connectivity index (χ3n) is 4.83. The van der Waals surface area contributed by atoms with E-state index in [4.69, 9.17) is 10.5 Å². The van der Waals surface area contributed by atoms with Gasteiger partial charge in [0.15, 0.2) is 0 Å². The van der Waals surface area contributed by atoms with Crippen molar-refractivity contribution in [1.82, 2.24) is 0 Å². The molecule has 174 valence electrons. The third-order valence-corrected chi connectivity index (χ3v) is 4.83. The van der Waals surface area contributed by atoms with Gasteiger partial charge in [0.1, 0.15) is 5.82 Å². The summed E-state index contributed by atoms with van der Waals surface area (Å²) in [5.74, 6) is 0.0534. The molecular formula is C24H33FN4O3. The number of ether oxygens (including phenoxy) is 1. The summed E-state index contributed by atoms with van der Waals surface area (Å²) in [5, 5.41) is 8.78. The van der Waals surface area contributed by atoms with Gasteiger partial charge in [-0.1, -0.05) is 26.0 Å². The fourth-order valence-electron chi connectivity index (χ4n) is 3.34. The number of carbonyl (C=O) groups is 2. The first-order valence-electron chi connectivity index (χ1n) is 10.9. The third kappa shape index (κ3) is 8.55. The van der Waals surface area contributed by atoms with E-state index in [1.165, 1.54) is 12.1 Å². The first-order valence-corrected chi connectivity index (χ1v) is 10.9. The lowest BCUT2D eigenvalue weighted by Crippen LogP contribution is -2.24. The molecule has 5 N–H and O–H groups in total. The van der Waals surface area contributed by atoms with Gasteiger partial charge in [0.25, 0.3) is 0 Å². The molecule has 2 amide bonds. The van der Waals surface area contributed by atoms with Gasteiger partial charge in [0, 0.05) is 18.7 Å². The number of benzene rings is 2. The molecule has 1 atom stereocenters. The Kier molecular flexibility index (Phi) is 9.94. The van der Waals surface area contributed by atoms with Crippen LogP contribution in [-0.4, -0.2) is 25.2 Å². The van der Waals surface area contributed by atoms with Gasteiger partial charge in [-0.25, -0.2) is 9.18 Å². The van der Waals surface area contributed by atoms with Crippen LogP contribution in [0.3, 0.4) is 0 Å². The number of hydrogen-bond acceptors (Lipinski definition) is 5. The van der Waals surface area contributed by atoms with Crippen molar-refractivity contribution in [1.29, 1.82) is 0 Å². The van der Waals surface area contributed by atoms with E-state index in [0.29, 0.717) is 36.8 Å². The minimum Gasteiger partial charge on any atom is -0.450 e. The molecule has 0 aliphatic rings. The second-order valence-electron chi connectivity index (χ2n) is 8.07. The second kappa shape index (κ2) is 12.7. The minimum atomic E-state index is -0.602. The number of carbonyl (C=O) groups excluding carboxylic acids is 2. The highest BCUT2D eigenvalue weighted by Crippen LogP contribution is 2.27. The molecule has 0 spiro atoms. The summed E-state index contributed by atoms with van der Waals surface area (Å²) in [4.78, 5) is 24.6. The largest absolute Gasteiger partial charge is 0.450 e. The van der Waals surface area contributed by atoms with Crippen molar-refractivity contribution in [3.63, 3.8) is 0 Å². The van der Waals surface area contributed by atoms with Gasteiger partial charge in [0.05, 0.1) is 18.0 Å². The van der Waals surface area contributed by atoms with Gasteiger partial charge in [-0.05, 0) is 67.6 Å². The highest BCUT2D eigenvalue weighted by molar-refractivity contribution is 5.98. The van der Waals surface area contributed by atoms with E-state index in [1.54, 1.807) is 37.3 Å². The molecule has 7 nitrogen and oxygen atoms in total. The SMILES string of the molecule is CCOC(=O)Nc1ccc(NCc2ccc(F)cc2)cc1NC(=O)C[C@@H](CN)CC(C)C. The maximum absolute atomic E-state index is 13.1. The fraction of sp³-hybridized carbons (Fsp3) is 0.417. The van der Waals surface area contributed by atoms with E-state index in [1.807, 2.05) is 0 Å². The summed E-state index contributed by atoms with van der Waals surface area (Å²) in [6.07, 6.45) is 0.549. The Hall–Kier alpha value is -3.13. The predicted octanol–water partition coefficient (Wildman–Crippen LogP) is 4.96. The molecule has 0 fully saturated rings. The first kappa shape index (κ1) is 25.1. The molecule has 8 heteroatoms. The zero-order valence-electron chi connectivity index (χ0n) is 18.9. The van der Waals surface area contributed by atoms with Gasteiger partial charge in [-0.15, -0.1) is 0 Å². The Balaban J connectivity index is 2.15. The van der Waals surface area contributed by atoms with Gasteiger partial charge in [0.2, 0.25) is 5.91 Å². The zero-order chi connectivity index (χ0) is 23.5. The quantitative estimate of drug-likeness (QED) is 0.392. The average molecular weight is 445 g/mol. The molecule has 0 aromatic heterocycles. The molecular weight excluding hydrogens is 411 g/mol. The van der Waals surface area contributed by atoms with Crippen LogP contribution in [0.15, 0.2) is 42.5 Å². The molecule has 0 heterocycles. The number of hydrogen-bond donors (Lipinski definition) is 4. The van der Waals surface area contributed by atoms with Crippen molar-refractivity contribution in [3.05, 3.63) is 53.8 Å². The van der Waals surface area contributed by atoms with Crippen LogP contribution in [0, 0.1) is 17.7 Å². The number of nitrogens with two attached hydrogens (primary N) is 1. The van der Waals surface area contributed by atoms with Crippen molar-refractivity contribution >= 4 is 29.1 Å². The maximum atomic E-state index is 13.1. The summed E-state index contributed by atoms with van der Waals surface area (Å²) in [6.45, 7) is 7.04. The van der Waals surface area contributed by atoms with E-state index in [2.05, 4.69) is 29.8 Å². The van der Waals surface area contributed by atoms with Crippen LogP contribution < -0.4 is 21.7 Å². The predicted molar refractivity (Wildman–Crippen MR) is 126 cm³/mol. The standard InChI is InChI=1S/C24H33FN4O3/c1-4-32-24(31)29-21-10-9-20(27-15-17-5-7-19(25)8-6-17)13-22(21)28-23(30)12-18(14-26)11-16(2)3/h5-10,13,16,18,27H,4,11-12,14-15,26H2,1-3H3,(H,28,30)(H,29,31)/t18-/m0/s1. The number of nitrogens with one attached hydrogen (secondary N) is 3. The maximum Gasteiger partial charge on any atom is 0.411 e. The average Bonchev–Trinajstić information content (AvgIpc) is 2.74. The number of amides is 2. The Morgan fingerprint density at radius 1 is 1.06 bits per heavy atom. The van der Waals surface area contributed by atoms with Crippen LogP contribution in [0.1, 0.15) is 39.2 Å². The molecule has 2 aromatic rings. The van der Waals surface area contributed by atoms with E-state index in [-0.39, 0.29) is 24.2 Å². The first-order chi connectivity index (χ1) is 15.3. The van der Waals surface area contributed by atoms with Crippen LogP contribution >= 0.6 is 0 Å². The van der Waals surface area contributed by atoms with Crippen LogP contribution in [-0.2, 0) is 16.1 Å². The van der Waals surface area contributed by atoms with E-state index in [0.717, 1.165) is 17.7 Å². The number of halogens is 1. The lowest BCUT2D eigenvalue weighted by atomic mass is 9.94. The Morgan fingerprint density at radius 2 is 1.78 bits per heavy atom. The van der Waals surface area contributed by atoms with Crippen molar-refractivity contribution in [2.24, 2.45) is 17.6 Å². The molecule has 0 unspecified atom stereocenters. The lowest BCUT2D eigenvalue weighted by molar-refractivity contribution is -0.117. The highest BCUT2D eigenvalue weighted by atomic mass is 19.1. The van der Waals surface area contributed by atoms with E-state index < -0.39 is 6.09 Å². The fourth-order valence-corrected chi connectivity index (χ4v) is 3.34. The molecule has 32 heavy (non-hydrogen) atoms. The number of rotatable bonds is 11. The molecule has 0 bridgehead atoms. The van der Waals surface area contributed by atoms with Crippen molar-refractivity contribution < 1.29 is 18.7 Å². The van der Waals surface area contributed by atoms with E-state index in [9.17, 15) is 14.0 Å². The Bertz CT molecular complexity index is 887. The molecule has 0 saturated carbocycles. The van der Waals surface area contributed by atoms with Gasteiger partial charge < -0.3 is 21.1 Å². The van der Waals surface area contributed by atoms with Gasteiger partial charge in [-0.3, -0.25) is 10.1 Å². The normalized spacial score (nSPS) is 11.7. The Morgan fingerprint density at radius 3 is 2.41 bits per heavy atom. The smallest absolute Gasteiger partial charge is 0.411 e. The monoisotopic (exact) mass is 444 g/mol.